The average Bonchev–Trinajstić information content (AvgIpc) is 3.70. The second-order valence-electron chi connectivity index (χ2n) is 17.0. The SMILES string of the molecule is CC[C@H](C)C([C@@H](CC(=O)N1CCC[C@H]1[C@H](OC)[C@@H](C)C(=O)N[C@@H](Cc1ccccc1)C(=O)NCCOCCON)OC)N(C)C(=O)[C@@H](NC(=O)[C@H](C(C)C)N(C)C)C(C)C. The largest absolute Gasteiger partial charge is 0.379 e. The summed E-state index contributed by atoms with van der Waals surface area (Å²) in [7, 11) is 8.51. The Morgan fingerprint density at radius 2 is 1.53 bits per heavy atom. The number of rotatable bonds is 27. The third-order valence-electron chi connectivity index (χ3n) is 11.8. The van der Waals surface area contributed by atoms with Crippen molar-refractivity contribution in [2.45, 2.75) is 123 Å². The maximum atomic E-state index is 14.3. The zero-order chi connectivity index (χ0) is 45.1. The molecular formula is C44H77N7O9. The number of likely N-dealkylation sites (N-methyl/N-ethyl adjacent to an activating group) is 2. The van der Waals surface area contributed by atoms with Gasteiger partial charge in [-0.3, -0.25) is 28.9 Å². The van der Waals surface area contributed by atoms with E-state index in [-0.39, 0.29) is 86.5 Å². The lowest BCUT2D eigenvalue weighted by Gasteiger charge is -2.41. The summed E-state index contributed by atoms with van der Waals surface area (Å²) in [4.78, 5) is 79.3. The number of ether oxygens (including phenoxy) is 3. The van der Waals surface area contributed by atoms with Gasteiger partial charge in [-0.05, 0) is 50.3 Å². The first-order valence-corrected chi connectivity index (χ1v) is 21.5. The van der Waals surface area contributed by atoms with Gasteiger partial charge in [0.15, 0.2) is 0 Å². The first kappa shape index (κ1) is 52.5. The van der Waals surface area contributed by atoms with Crippen LogP contribution in [0.15, 0.2) is 30.3 Å². The number of methoxy groups -OCH3 is 2. The molecule has 9 atom stereocenters. The number of benzene rings is 1. The average molecular weight is 848 g/mol. The topological polar surface area (TPSA) is 194 Å². The molecule has 0 saturated carbocycles. The predicted octanol–water partition coefficient (Wildman–Crippen LogP) is 2.38. The van der Waals surface area contributed by atoms with Crippen LogP contribution in [0.3, 0.4) is 0 Å². The maximum Gasteiger partial charge on any atom is 0.245 e. The van der Waals surface area contributed by atoms with E-state index in [1.165, 1.54) is 7.11 Å². The summed E-state index contributed by atoms with van der Waals surface area (Å²) in [5.41, 5.74) is 0.877. The summed E-state index contributed by atoms with van der Waals surface area (Å²) in [6.45, 7) is 15.0. The highest BCUT2D eigenvalue weighted by Crippen LogP contribution is 2.30. The van der Waals surface area contributed by atoms with Crippen molar-refractivity contribution in [2.75, 3.05) is 68.3 Å². The van der Waals surface area contributed by atoms with E-state index in [1.807, 2.05) is 90.9 Å². The number of likely N-dealkylation sites (tertiary alicyclic amines) is 1. The van der Waals surface area contributed by atoms with Crippen LogP contribution in [-0.4, -0.2) is 155 Å². The Morgan fingerprint density at radius 1 is 0.867 bits per heavy atom. The Balaban J connectivity index is 2.27. The molecule has 1 saturated heterocycles. The lowest BCUT2D eigenvalue weighted by Crippen LogP contribution is -2.59. The van der Waals surface area contributed by atoms with E-state index in [1.54, 1.807) is 30.9 Å². The van der Waals surface area contributed by atoms with Gasteiger partial charge in [0, 0.05) is 40.8 Å². The van der Waals surface area contributed by atoms with Gasteiger partial charge in [0.05, 0.1) is 62.5 Å². The standard InChI is InChI=1S/C44H77N7O9/c1-13-30(6)39(50(10)44(56)37(28(2)3)48-43(55)38(29(4)5)49(8)9)35(57-11)27-36(52)51-22-17-20-34(51)40(58-12)31(7)41(53)47-33(26-32-18-15-14-16-19-32)42(54)46-21-23-59-24-25-60-45/h14-16,18-19,28-31,33-35,37-40H,13,17,20-27,45H2,1-12H3,(H,46,54)(H,47,53)(H,48,55)/t30-,31+,33-,34-,35+,37-,38-,39?,40+/m0/s1. The van der Waals surface area contributed by atoms with Gasteiger partial charge in [0.2, 0.25) is 29.5 Å². The van der Waals surface area contributed by atoms with Crippen LogP contribution >= 0.6 is 0 Å². The highest BCUT2D eigenvalue weighted by Gasteiger charge is 2.43. The van der Waals surface area contributed by atoms with E-state index >= 15 is 0 Å². The Kier molecular flexibility index (Phi) is 23.3. The Labute approximate surface area is 359 Å². The molecule has 5 N–H and O–H groups in total. The first-order valence-electron chi connectivity index (χ1n) is 21.5. The number of amides is 5. The number of nitrogens with zero attached hydrogens (tertiary/aromatic N) is 3. The summed E-state index contributed by atoms with van der Waals surface area (Å²) in [5.74, 6) is 2.74. The molecule has 1 fully saturated rings. The van der Waals surface area contributed by atoms with Crippen molar-refractivity contribution in [1.82, 2.24) is 30.7 Å². The summed E-state index contributed by atoms with van der Waals surface area (Å²) in [6.07, 6.45) is 0.992. The van der Waals surface area contributed by atoms with Crippen molar-refractivity contribution in [1.29, 1.82) is 0 Å². The van der Waals surface area contributed by atoms with Gasteiger partial charge < -0.3 is 44.8 Å². The highest BCUT2D eigenvalue weighted by atomic mass is 16.6. The molecule has 1 unspecified atom stereocenters. The monoisotopic (exact) mass is 848 g/mol. The number of nitrogens with two attached hydrogens (primary N) is 1. The Morgan fingerprint density at radius 3 is 2.08 bits per heavy atom. The van der Waals surface area contributed by atoms with E-state index in [0.717, 1.165) is 12.0 Å². The molecule has 1 aliphatic rings. The van der Waals surface area contributed by atoms with E-state index < -0.39 is 48.3 Å². The number of carbonyl (C=O) groups excluding carboxylic acids is 5. The zero-order valence-electron chi connectivity index (χ0n) is 38.4. The smallest absolute Gasteiger partial charge is 0.245 e. The number of hydrogen-bond acceptors (Lipinski definition) is 11. The van der Waals surface area contributed by atoms with Gasteiger partial charge in [-0.15, -0.1) is 0 Å². The Bertz CT molecular complexity index is 1460. The van der Waals surface area contributed by atoms with Crippen molar-refractivity contribution >= 4 is 29.5 Å². The third-order valence-corrected chi connectivity index (χ3v) is 11.8. The van der Waals surface area contributed by atoms with Crippen molar-refractivity contribution in [3.05, 3.63) is 35.9 Å². The molecule has 16 heteroatoms. The van der Waals surface area contributed by atoms with E-state index in [2.05, 4.69) is 20.8 Å². The number of nitrogens with one attached hydrogen (secondary N) is 3. The van der Waals surface area contributed by atoms with Gasteiger partial charge in [0.1, 0.15) is 12.1 Å². The minimum Gasteiger partial charge on any atom is -0.379 e. The fourth-order valence-electron chi connectivity index (χ4n) is 8.35. The predicted molar refractivity (Wildman–Crippen MR) is 231 cm³/mol. The van der Waals surface area contributed by atoms with Crippen LogP contribution in [0.5, 0.6) is 0 Å². The molecule has 0 spiro atoms. The minimum atomic E-state index is -0.874. The van der Waals surface area contributed by atoms with Gasteiger partial charge >= 0.3 is 0 Å². The second kappa shape index (κ2) is 26.6. The quantitative estimate of drug-likeness (QED) is 0.0751. The van der Waals surface area contributed by atoms with E-state index in [4.69, 9.17) is 20.1 Å². The lowest BCUT2D eigenvalue weighted by atomic mass is 9.89. The molecule has 1 aromatic rings. The molecule has 342 valence electrons. The molecule has 2 rings (SSSR count). The molecular weight excluding hydrogens is 771 g/mol. The second-order valence-corrected chi connectivity index (χ2v) is 17.0. The zero-order valence-corrected chi connectivity index (χ0v) is 38.4. The van der Waals surface area contributed by atoms with E-state index in [9.17, 15) is 24.0 Å². The normalized spacial score (nSPS) is 18.3. The van der Waals surface area contributed by atoms with Crippen LogP contribution < -0.4 is 21.8 Å². The molecule has 16 nitrogen and oxygen atoms in total. The van der Waals surface area contributed by atoms with Gasteiger partial charge in [-0.2, -0.15) is 0 Å². The third kappa shape index (κ3) is 15.4. The molecule has 0 radical (unpaired) electrons. The van der Waals surface area contributed by atoms with Crippen molar-refractivity contribution in [3.63, 3.8) is 0 Å². The van der Waals surface area contributed by atoms with Gasteiger partial charge in [0.25, 0.3) is 0 Å². The lowest BCUT2D eigenvalue weighted by molar-refractivity contribution is -0.148. The molecule has 1 aromatic carbocycles. The molecule has 1 heterocycles. The summed E-state index contributed by atoms with van der Waals surface area (Å²) in [6, 6.07) is 6.47. The fourth-order valence-corrected chi connectivity index (χ4v) is 8.35. The van der Waals surface area contributed by atoms with Gasteiger partial charge in [-0.25, -0.2) is 5.90 Å². The van der Waals surface area contributed by atoms with E-state index in [0.29, 0.717) is 19.4 Å². The van der Waals surface area contributed by atoms with Crippen LogP contribution in [0.25, 0.3) is 0 Å². The van der Waals surface area contributed by atoms with Crippen LogP contribution in [-0.2, 0) is 49.4 Å². The number of hydrogen-bond donors (Lipinski definition) is 4. The minimum absolute atomic E-state index is 0.00627. The molecule has 60 heavy (non-hydrogen) atoms. The van der Waals surface area contributed by atoms with Crippen LogP contribution in [0.2, 0.25) is 0 Å². The van der Waals surface area contributed by atoms with Crippen LogP contribution in [0.4, 0.5) is 0 Å². The summed E-state index contributed by atoms with van der Waals surface area (Å²) in [5, 5.41) is 8.84. The fraction of sp³-hybridized carbons (Fsp3) is 0.750. The van der Waals surface area contributed by atoms with Crippen molar-refractivity contribution in [2.24, 2.45) is 29.6 Å². The van der Waals surface area contributed by atoms with Crippen LogP contribution in [0.1, 0.15) is 79.7 Å². The summed E-state index contributed by atoms with van der Waals surface area (Å²) >= 11 is 0. The summed E-state index contributed by atoms with van der Waals surface area (Å²) < 4.78 is 17.4. The Hall–Kier alpha value is -3.67. The molecule has 0 bridgehead atoms. The van der Waals surface area contributed by atoms with Crippen molar-refractivity contribution in [3.8, 4) is 0 Å². The molecule has 5 amide bonds. The van der Waals surface area contributed by atoms with Crippen LogP contribution in [0, 0.1) is 23.7 Å². The molecule has 1 aliphatic heterocycles. The maximum absolute atomic E-state index is 14.3. The van der Waals surface area contributed by atoms with Gasteiger partial charge in [-0.1, -0.05) is 85.2 Å². The van der Waals surface area contributed by atoms with Crippen molar-refractivity contribution < 1.29 is 43.0 Å². The molecule has 0 aliphatic carbocycles. The highest BCUT2D eigenvalue weighted by molar-refractivity contribution is 5.90. The molecule has 0 aromatic heterocycles. The first-order chi connectivity index (χ1) is 28.4. The number of carbonyl (C=O) groups is 5.